The predicted octanol–water partition coefficient (Wildman–Crippen LogP) is 6.82. The summed E-state index contributed by atoms with van der Waals surface area (Å²) in [6.07, 6.45) is 3.87. The standard InChI is InChI=1S/C31H56O6/c1-12-16-32-29-22(10)19(7)27(25(14-3)34-29)37-31-23(11)20(8)28(26(15-4)35-31)36-30-21(9)17(5)18(6)24(13-2)33-30/h12,17-31H,1,13-16H2,2-11H3. The van der Waals surface area contributed by atoms with Crippen molar-refractivity contribution in [2.45, 2.75) is 138 Å². The zero-order chi connectivity index (χ0) is 27.4. The highest BCUT2D eigenvalue weighted by Crippen LogP contribution is 2.42. The van der Waals surface area contributed by atoms with E-state index in [-0.39, 0.29) is 73.1 Å². The molecule has 6 nitrogen and oxygen atoms in total. The third kappa shape index (κ3) is 6.63. The average molecular weight is 525 g/mol. The summed E-state index contributed by atoms with van der Waals surface area (Å²) >= 11 is 0. The highest BCUT2D eigenvalue weighted by Gasteiger charge is 2.49. The molecule has 3 aliphatic heterocycles. The van der Waals surface area contributed by atoms with E-state index in [2.05, 4.69) is 75.8 Å². The van der Waals surface area contributed by atoms with Crippen LogP contribution in [-0.4, -0.2) is 56.0 Å². The zero-order valence-electron chi connectivity index (χ0n) is 25.2. The molecule has 0 N–H and O–H groups in total. The van der Waals surface area contributed by atoms with Gasteiger partial charge in [-0.05, 0) is 42.9 Å². The third-order valence-electron chi connectivity index (χ3n) is 10.1. The molecule has 0 amide bonds. The Kier molecular flexibility index (Phi) is 11.5. The summed E-state index contributed by atoms with van der Waals surface area (Å²) in [6.45, 7) is 26.7. The summed E-state index contributed by atoms with van der Waals surface area (Å²) in [4.78, 5) is 0. The Balaban J connectivity index is 1.70. The number of ether oxygens (including phenoxy) is 6. The van der Waals surface area contributed by atoms with Gasteiger partial charge >= 0.3 is 0 Å². The van der Waals surface area contributed by atoms with Gasteiger partial charge in [-0.1, -0.05) is 75.3 Å². The van der Waals surface area contributed by atoms with Gasteiger partial charge in [0.05, 0.1) is 37.1 Å². The molecule has 0 spiro atoms. The van der Waals surface area contributed by atoms with Crippen LogP contribution in [0.2, 0.25) is 0 Å². The van der Waals surface area contributed by atoms with Gasteiger partial charge < -0.3 is 28.4 Å². The van der Waals surface area contributed by atoms with Crippen molar-refractivity contribution in [2.24, 2.45) is 41.4 Å². The molecule has 0 aliphatic carbocycles. The Labute approximate surface area is 227 Å². The van der Waals surface area contributed by atoms with Crippen molar-refractivity contribution in [3.05, 3.63) is 12.7 Å². The first-order valence-corrected chi connectivity index (χ1v) is 15.1. The molecule has 0 aromatic rings. The largest absolute Gasteiger partial charge is 0.349 e. The summed E-state index contributed by atoms with van der Waals surface area (Å²) in [7, 11) is 0. The highest BCUT2D eigenvalue weighted by molar-refractivity contribution is 4.91. The second kappa shape index (κ2) is 13.7. The SMILES string of the molecule is C=CCOC1OC(CC)C(OC2OC(CC)C(OC3OC(CC)C(C)C(C)C3C)C(C)C2C)C(C)C1C. The van der Waals surface area contributed by atoms with Crippen LogP contribution in [-0.2, 0) is 28.4 Å². The van der Waals surface area contributed by atoms with Crippen LogP contribution in [0.1, 0.15) is 88.5 Å². The van der Waals surface area contributed by atoms with Gasteiger partial charge in [-0.15, -0.1) is 6.58 Å². The lowest BCUT2D eigenvalue weighted by molar-refractivity contribution is -0.347. The smallest absolute Gasteiger partial charge is 0.161 e. The van der Waals surface area contributed by atoms with Gasteiger partial charge in [-0.3, -0.25) is 0 Å². The summed E-state index contributed by atoms with van der Waals surface area (Å²) in [6, 6.07) is 0. The minimum atomic E-state index is -0.297. The quantitative estimate of drug-likeness (QED) is 0.292. The van der Waals surface area contributed by atoms with E-state index in [4.69, 9.17) is 28.4 Å². The minimum Gasteiger partial charge on any atom is -0.349 e. The molecular formula is C31H56O6. The molecule has 3 fully saturated rings. The first-order chi connectivity index (χ1) is 17.6. The van der Waals surface area contributed by atoms with Gasteiger partial charge in [-0.2, -0.15) is 0 Å². The Morgan fingerprint density at radius 2 is 0.946 bits per heavy atom. The van der Waals surface area contributed by atoms with E-state index in [1.54, 1.807) is 6.08 Å². The maximum atomic E-state index is 6.80. The Morgan fingerprint density at radius 3 is 1.41 bits per heavy atom. The molecule has 0 bridgehead atoms. The van der Waals surface area contributed by atoms with Crippen molar-refractivity contribution in [3.63, 3.8) is 0 Å². The second-order valence-electron chi connectivity index (χ2n) is 12.2. The second-order valence-corrected chi connectivity index (χ2v) is 12.2. The lowest BCUT2D eigenvalue weighted by Crippen LogP contribution is -2.57. The first kappa shape index (κ1) is 31.0. The number of hydrogen-bond donors (Lipinski definition) is 0. The predicted molar refractivity (Wildman–Crippen MR) is 147 cm³/mol. The van der Waals surface area contributed by atoms with E-state index in [1.165, 1.54) is 0 Å². The molecule has 37 heavy (non-hydrogen) atoms. The summed E-state index contributed by atoms with van der Waals surface area (Å²) in [5, 5.41) is 0. The van der Waals surface area contributed by atoms with Crippen LogP contribution in [0.25, 0.3) is 0 Å². The van der Waals surface area contributed by atoms with Crippen LogP contribution in [0.4, 0.5) is 0 Å². The fourth-order valence-electron chi connectivity index (χ4n) is 6.53. The van der Waals surface area contributed by atoms with Crippen molar-refractivity contribution in [1.29, 1.82) is 0 Å². The van der Waals surface area contributed by atoms with Crippen LogP contribution in [0.15, 0.2) is 12.7 Å². The van der Waals surface area contributed by atoms with Gasteiger partial charge in [0.1, 0.15) is 0 Å². The Morgan fingerprint density at radius 1 is 0.541 bits per heavy atom. The number of hydrogen-bond acceptors (Lipinski definition) is 6. The molecule has 216 valence electrons. The van der Waals surface area contributed by atoms with E-state index < -0.39 is 0 Å². The summed E-state index contributed by atoms with van der Waals surface area (Å²) in [5.41, 5.74) is 0. The van der Waals surface area contributed by atoms with Crippen LogP contribution in [0.3, 0.4) is 0 Å². The summed E-state index contributed by atoms with van der Waals surface area (Å²) < 4.78 is 39.1. The highest BCUT2D eigenvalue weighted by atomic mass is 16.7. The molecule has 3 heterocycles. The van der Waals surface area contributed by atoms with Crippen LogP contribution >= 0.6 is 0 Å². The molecule has 0 aromatic carbocycles. The first-order valence-electron chi connectivity index (χ1n) is 15.1. The van der Waals surface area contributed by atoms with Gasteiger partial charge in [0, 0.05) is 17.8 Å². The normalized spacial score (nSPS) is 49.1. The van der Waals surface area contributed by atoms with E-state index >= 15 is 0 Å². The molecule has 3 aliphatic rings. The number of rotatable bonds is 10. The lowest BCUT2D eigenvalue weighted by atomic mass is 9.78. The maximum Gasteiger partial charge on any atom is 0.161 e. The van der Waals surface area contributed by atoms with Gasteiger partial charge in [0.2, 0.25) is 0 Å². The molecular weight excluding hydrogens is 468 g/mol. The van der Waals surface area contributed by atoms with Crippen molar-refractivity contribution >= 4 is 0 Å². The van der Waals surface area contributed by atoms with Gasteiger partial charge in [-0.25, -0.2) is 0 Å². The van der Waals surface area contributed by atoms with Gasteiger partial charge in [0.15, 0.2) is 18.9 Å². The monoisotopic (exact) mass is 524 g/mol. The molecule has 15 unspecified atom stereocenters. The van der Waals surface area contributed by atoms with Crippen molar-refractivity contribution in [3.8, 4) is 0 Å². The Hall–Kier alpha value is -0.500. The fourth-order valence-corrected chi connectivity index (χ4v) is 6.53. The third-order valence-corrected chi connectivity index (χ3v) is 10.1. The van der Waals surface area contributed by atoms with Crippen molar-refractivity contribution in [1.82, 2.24) is 0 Å². The van der Waals surface area contributed by atoms with Crippen molar-refractivity contribution < 1.29 is 28.4 Å². The Bertz CT molecular complexity index is 695. The molecule has 3 rings (SSSR count). The molecule has 0 saturated carbocycles. The topological polar surface area (TPSA) is 55.4 Å². The maximum absolute atomic E-state index is 6.80. The van der Waals surface area contributed by atoms with E-state index in [0.717, 1.165) is 19.3 Å². The van der Waals surface area contributed by atoms with E-state index in [9.17, 15) is 0 Å². The van der Waals surface area contributed by atoms with Gasteiger partial charge in [0.25, 0.3) is 0 Å². The van der Waals surface area contributed by atoms with E-state index in [0.29, 0.717) is 24.4 Å². The van der Waals surface area contributed by atoms with E-state index in [1.807, 2.05) is 0 Å². The lowest BCUT2D eigenvalue weighted by Gasteiger charge is -2.51. The summed E-state index contributed by atoms with van der Waals surface area (Å²) in [5.74, 6) is 2.37. The van der Waals surface area contributed by atoms with Crippen LogP contribution in [0.5, 0.6) is 0 Å². The molecule has 3 saturated heterocycles. The molecule has 15 atom stereocenters. The fraction of sp³-hybridized carbons (Fsp3) is 0.935. The zero-order valence-corrected chi connectivity index (χ0v) is 25.2. The van der Waals surface area contributed by atoms with Crippen LogP contribution < -0.4 is 0 Å². The average Bonchev–Trinajstić information content (AvgIpc) is 2.90. The minimum absolute atomic E-state index is 0.0250. The van der Waals surface area contributed by atoms with Crippen LogP contribution in [0, 0.1) is 41.4 Å². The molecule has 0 aromatic heterocycles. The molecule has 0 radical (unpaired) electrons. The van der Waals surface area contributed by atoms with Crippen molar-refractivity contribution in [2.75, 3.05) is 6.61 Å². The molecule has 6 heteroatoms.